The molecule has 0 aliphatic carbocycles. The van der Waals surface area contributed by atoms with E-state index in [1.54, 1.807) is 13.0 Å². The number of hydrogen-bond acceptors (Lipinski definition) is 5. The molecule has 1 N–H and O–H groups in total. The fourth-order valence-electron chi connectivity index (χ4n) is 2.81. The Morgan fingerprint density at radius 3 is 2.87 bits per heavy atom. The summed E-state index contributed by atoms with van der Waals surface area (Å²) in [7, 11) is 1.53. The number of nitrogens with zero attached hydrogens (tertiary/aromatic N) is 1. The second-order valence-electron chi connectivity index (χ2n) is 5.26. The van der Waals surface area contributed by atoms with Crippen molar-refractivity contribution in [3.63, 3.8) is 0 Å². The van der Waals surface area contributed by atoms with Gasteiger partial charge in [-0.2, -0.15) is 0 Å². The summed E-state index contributed by atoms with van der Waals surface area (Å²) >= 11 is 0. The SMILES string of the molecule is CCOC(=O)C1Nc2cc(C)nc(OC)c2-c2ccc(F)cc21. The number of carbonyl (C=O) groups is 1. The van der Waals surface area contributed by atoms with Crippen molar-refractivity contribution in [2.75, 3.05) is 19.0 Å². The van der Waals surface area contributed by atoms with Crippen LogP contribution >= 0.6 is 0 Å². The number of hydrogen-bond donors (Lipinski definition) is 1. The summed E-state index contributed by atoms with van der Waals surface area (Å²) < 4.78 is 24.2. The first-order valence-corrected chi connectivity index (χ1v) is 7.33. The van der Waals surface area contributed by atoms with E-state index in [9.17, 15) is 9.18 Å². The Bertz CT molecular complexity index is 777. The van der Waals surface area contributed by atoms with Crippen molar-refractivity contribution >= 4 is 11.7 Å². The lowest BCUT2D eigenvalue weighted by Crippen LogP contribution is -2.27. The van der Waals surface area contributed by atoms with Gasteiger partial charge in [0, 0.05) is 5.69 Å². The number of aromatic nitrogens is 1. The molecule has 1 unspecified atom stereocenters. The lowest BCUT2D eigenvalue weighted by molar-refractivity contribution is -0.144. The fourth-order valence-corrected chi connectivity index (χ4v) is 2.81. The van der Waals surface area contributed by atoms with Crippen LogP contribution in [0.3, 0.4) is 0 Å². The minimum atomic E-state index is -0.764. The Morgan fingerprint density at radius 2 is 2.17 bits per heavy atom. The number of halogens is 1. The van der Waals surface area contributed by atoms with Gasteiger partial charge in [-0.1, -0.05) is 6.07 Å². The summed E-state index contributed by atoms with van der Waals surface area (Å²) in [6.07, 6.45) is 0. The Kier molecular flexibility index (Phi) is 3.90. The van der Waals surface area contributed by atoms with Crippen LogP contribution in [0.5, 0.6) is 5.88 Å². The van der Waals surface area contributed by atoms with Gasteiger partial charge in [0.1, 0.15) is 5.82 Å². The maximum absolute atomic E-state index is 13.7. The van der Waals surface area contributed by atoms with Gasteiger partial charge in [-0.25, -0.2) is 14.2 Å². The van der Waals surface area contributed by atoms with Crippen molar-refractivity contribution in [2.45, 2.75) is 19.9 Å². The van der Waals surface area contributed by atoms with Crippen molar-refractivity contribution in [1.82, 2.24) is 4.98 Å². The monoisotopic (exact) mass is 316 g/mol. The third-order valence-electron chi connectivity index (χ3n) is 3.72. The van der Waals surface area contributed by atoms with E-state index in [4.69, 9.17) is 9.47 Å². The molecule has 0 fully saturated rings. The maximum Gasteiger partial charge on any atom is 0.333 e. The molecule has 1 aromatic heterocycles. The van der Waals surface area contributed by atoms with Crippen LogP contribution < -0.4 is 10.1 Å². The number of pyridine rings is 1. The van der Waals surface area contributed by atoms with E-state index in [1.165, 1.54) is 19.2 Å². The van der Waals surface area contributed by atoms with Crippen LogP contribution in [0, 0.1) is 12.7 Å². The summed E-state index contributed by atoms with van der Waals surface area (Å²) in [6.45, 7) is 3.83. The standard InChI is InChI=1S/C17H17FN2O3/c1-4-23-17(21)15-12-8-10(18)5-6-11(12)14-13(20-15)7-9(2)19-16(14)22-3/h5-8,15,20H,4H2,1-3H3. The fraction of sp³-hybridized carbons (Fsp3) is 0.294. The second kappa shape index (κ2) is 5.87. The number of anilines is 1. The largest absolute Gasteiger partial charge is 0.480 e. The summed E-state index contributed by atoms with van der Waals surface area (Å²) in [5.41, 5.74) is 3.41. The molecule has 6 heteroatoms. The maximum atomic E-state index is 13.7. The number of rotatable bonds is 3. The first-order chi connectivity index (χ1) is 11.0. The first-order valence-electron chi connectivity index (χ1n) is 7.33. The van der Waals surface area contributed by atoms with Gasteiger partial charge >= 0.3 is 5.97 Å². The summed E-state index contributed by atoms with van der Waals surface area (Å²) in [6, 6.07) is 5.40. The van der Waals surface area contributed by atoms with Gasteiger partial charge in [0.25, 0.3) is 0 Å². The van der Waals surface area contributed by atoms with E-state index in [-0.39, 0.29) is 6.61 Å². The number of ether oxygens (including phenoxy) is 2. The second-order valence-corrected chi connectivity index (χ2v) is 5.26. The zero-order valence-corrected chi connectivity index (χ0v) is 13.1. The molecular weight excluding hydrogens is 299 g/mol. The van der Waals surface area contributed by atoms with Gasteiger partial charge in [0.2, 0.25) is 5.88 Å². The molecule has 2 aromatic rings. The molecule has 0 radical (unpaired) electrons. The molecule has 1 atom stereocenters. The van der Waals surface area contributed by atoms with E-state index in [0.29, 0.717) is 28.3 Å². The van der Waals surface area contributed by atoms with E-state index in [1.807, 2.05) is 13.0 Å². The Morgan fingerprint density at radius 1 is 1.39 bits per heavy atom. The molecule has 0 amide bonds. The van der Waals surface area contributed by atoms with Crippen molar-refractivity contribution in [2.24, 2.45) is 0 Å². The molecule has 5 nitrogen and oxygen atoms in total. The van der Waals surface area contributed by atoms with E-state index in [2.05, 4.69) is 10.3 Å². The van der Waals surface area contributed by atoms with Crippen LogP contribution in [-0.4, -0.2) is 24.7 Å². The quantitative estimate of drug-likeness (QED) is 0.881. The molecule has 0 bridgehead atoms. The minimum Gasteiger partial charge on any atom is -0.480 e. The van der Waals surface area contributed by atoms with Gasteiger partial charge in [0.05, 0.1) is 25.0 Å². The highest BCUT2D eigenvalue weighted by atomic mass is 19.1. The molecule has 1 aliphatic heterocycles. The van der Waals surface area contributed by atoms with Gasteiger partial charge in [-0.15, -0.1) is 0 Å². The Balaban J connectivity index is 2.22. The van der Waals surface area contributed by atoms with Crippen LogP contribution in [0.4, 0.5) is 10.1 Å². The molecule has 23 heavy (non-hydrogen) atoms. The van der Waals surface area contributed by atoms with Crippen LogP contribution in [0.2, 0.25) is 0 Å². The molecule has 0 spiro atoms. The van der Waals surface area contributed by atoms with Gasteiger partial charge in [-0.05, 0) is 43.2 Å². The van der Waals surface area contributed by atoms with Crippen LogP contribution in [0.1, 0.15) is 24.2 Å². The smallest absolute Gasteiger partial charge is 0.333 e. The number of benzene rings is 1. The average Bonchev–Trinajstić information content (AvgIpc) is 2.53. The zero-order chi connectivity index (χ0) is 16.6. The number of esters is 1. The normalized spacial score (nSPS) is 15.2. The molecule has 3 rings (SSSR count). The molecule has 0 saturated heterocycles. The lowest BCUT2D eigenvalue weighted by Gasteiger charge is -2.29. The molecule has 1 aromatic carbocycles. The number of carbonyl (C=O) groups excluding carboxylic acids is 1. The van der Waals surface area contributed by atoms with Crippen molar-refractivity contribution in [1.29, 1.82) is 0 Å². The van der Waals surface area contributed by atoms with Gasteiger partial charge < -0.3 is 14.8 Å². The van der Waals surface area contributed by atoms with Crippen molar-refractivity contribution < 1.29 is 18.7 Å². The van der Waals surface area contributed by atoms with Crippen molar-refractivity contribution in [3.8, 4) is 17.0 Å². The topological polar surface area (TPSA) is 60.5 Å². The number of fused-ring (bicyclic) bond motifs is 3. The highest BCUT2D eigenvalue weighted by molar-refractivity contribution is 5.94. The van der Waals surface area contributed by atoms with E-state index >= 15 is 0 Å². The predicted octanol–water partition coefficient (Wildman–Crippen LogP) is 3.23. The van der Waals surface area contributed by atoms with Crippen LogP contribution in [0.15, 0.2) is 24.3 Å². The Labute approximate surface area is 133 Å². The highest BCUT2D eigenvalue weighted by Crippen LogP contribution is 2.45. The van der Waals surface area contributed by atoms with E-state index in [0.717, 1.165) is 5.69 Å². The zero-order valence-electron chi connectivity index (χ0n) is 13.1. The molecule has 120 valence electrons. The van der Waals surface area contributed by atoms with Crippen molar-refractivity contribution in [3.05, 3.63) is 41.3 Å². The molecule has 1 aliphatic rings. The van der Waals surface area contributed by atoms with Crippen LogP contribution in [0.25, 0.3) is 11.1 Å². The third kappa shape index (κ3) is 2.60. The summed E-state index contributed by atoms with van der Waals surface area (Å²) in [4.78, 5) is 16.6. The summed E-state index contributed by atoms with van der Waals surface area (Å²) in [5, 5.41) is 3.12. The molecule has 0 saturated carbocycles. The summed E-state index contributed by atoms with van der Waals surface area (Å²) in [5.74, 6) is -0.427. The number of aryl methyl sites for hydroxylation is 1. The average molecular weight is 316 g/mol. The third-order valence-corrected chi connectivity index (χ3v) is 3.72. The number of methoxy groups -OCH3 is 1. The lowest BCUT2D eigenvalue weighted by atomic mass is 9.90. The van der Waals surface area contributed by atoms with Crippen LogP contribution in [-0.2, 0) is 9.53 Å². The minimum absolute atomic E-state index is 0.257. The Hall–Kier alpha value is -2.63. The predicted molar refractivity (Wildman–Crippen MR) is 83.9 cm³/mol. The van der Waals surface area contributed by atoms with Gasteiger partial charge in [-0.3, -0.25) is 0 Å². The molecular formula is C17H17FN2O3. The number of nitrogens with one attached hydrogen (secondary N) is 1. The van der Waals surface area contributed by atoms with Gasteiger partial charge in [0.15, 0.2) is 6.04 Å². The first kappa shape index (κ1) is 15.3. The van der Waals surface area contributed by atoms with E-state index < -0.39 is 17.8 Å². The molecule has 2 heterocycles. The highest BCUT2D eigenvalue weighted by Gasteiger charge is 2.33.